The summed E-state index contributed by atoms with van der Waals surface area (Å²) >= 11 is 17.2. The average Bonchev–Trinajstić information content (AvgIpc) is 2.38. The molecular weight excluding hydrogens is 315 g/mol. The number of rotatable bonds is 4. The van der Waals surface area contributed by atoms with Gasteiger partial charge < -0.3 is 4.98 Å². The van der Waals surface area contributed by atoms with Crippen LogP contribution in [0, 0.1) is 4.77 Å². The fraction of sp³-hybridized carbons (Fsp3) is 0.286. The summed E-state index contributed by atoms with van der Waals surface area (Å²) in [6, 6.07) is 5.41. The molecule has 2 aromatic rings. The minimum Gasteiger partial charge on any atom is -0.336 e. The molecule has 0 spiro atoms. The molecule has 0 aliphatic carbocycles. The molecule has 0 bridgehead atoms. The Kier molecular flexibility index (Phi) is 5.02. The summed E-state index contributed by atoms with van der Waals surface area (Å²) < 4.78 is 0.347. The van der Waals surface area contributed by atoms with Gasteiger partial charge in [0.25, 0.3) is 5.56 Å². The molecule has 3 nitrogen and oxygen atoms in total. The number of aromatic nitrogens is 2. The van der Waals surface area contributed by atoms with E-state index >= 15 is 0 Å². The van der Waals surface area contributed by atoms with Crippen LogP contribution in [-0.2, 0) is 12.8 Å². The van der Waals surface area contributed by atoms with E-state index in [1.807, 2.05) is 19.1 Å². The van der Waals surface area contributed by atoms with Crippen molar-refractivity contribution in [3.63, 3.8) is 0 Å². The number of H-pyrrole nitrogens is 2. The normalized spacial score (nSPS) is 10.8. The van der Waals surface area contributed by atoms with Crippen molar-refractivity contribution in [2.75, 3.05) is 0 Å². The third-order valence-corrected chi connectivity index (χ3v) is 4.09. The number of hydrogen-bond acceptors (Lipinski definition) is 2. The van der Waals surface area contributed by atoms with Crippen LogP contribution in [0.3, 0.4) is 0 Å². The molecule has 6 heteroatoms. The highest BCUT2D eigenvalue weighted by Crippen LogP contribution is 2.27. The standard InChI is InChI=1S/C14H14Cl2N2OS/c1-2-4-11-9(13(19)18-14(20)17-11)7-8-5-3-6-10(15)12(8)16/h3,5-6H,2,4,7H2,1H3,(H2,17,18,19,20). The molecule has 1 aromatic heterocycles. The van der Waals surface area contributed by atoms with Gasteiger partial charge >= 0.3 is 0 Å². The number of halogens is 2. The minimum atomic E-state index is -0.173. The highest BCUT2D eigenvalue weighted by Gasteiger charge is 2.12. The molecular formula is C14H14Cl2N2OS. The van der Waals surface area contributed by atoms with E-state index in [2.05, 4.69) is 9.97 Å². The maximum atomic E-state index is 12.1. The lowest BCUT2D eigenvalue weighted by Gasteiger charge is -2.10. The van der Waals surface area contributed by atoms with E-state index in [-0.39, 0.29) is 5.56 Å². The lowest BCUT2D eigenvalue weighted by molar-refractivity contribution is 0.833. The van der Waals surface area contributed by atoms with Gasteiger partial charge in [-0.3, -0.25) is 9.78 Å². The topological polar surface area (TPSA) is 48.6 Å². The summed E-state index contributed by atoms with van der Waals surface area (Å²) in [5, 5.41) is 0.972. The first-order valence-corrected chi connectivity index (χ1v) is 7.46. The van der Waals surface area contributed by atoms with Crippen molar-refractivity contribution in [3.8, 4) is 0 Å². The van der Waals surface area contributed by atoms with Crippen molar-refractivity contribution in [1.29, 1.82) is 0 Å². The Morgan fingerprint density at radius 3 is 2.70 bits per heavy atom. The molecule has 2 N–H and O–H groups in total. The van der Waals surface area contributed by atoms with E-state index in [9.17, 15) is 4.79 Å². The van der Waals surface area contributed by atoms with Crippen molar-refractivity contribution < 1.29 is 0 Å². The third-order valence-electron chi connectivity index (χ3n) is 3.03. The molecule has 20 heavy (non-hydrogen) atoms. The number of aryl methyl sites for hydroxylation is 1. The van der Waals surface area contributed by atoms with Crippen LogP contribution in [0.1, 0.15) is 30.2 Å². The van der Waals surface area contributed by atoms with Crippen molar-refractivity contribution in [2.24, 2.45) is 0 Å². The monoisotopic (exact) mass is 328 g/mol. The first-order chi connectivity index (χ1) is 9.52. The van der Waals surface area contributed by atoms with Crippen LogP contribution in [0.15, 0.2) is 23.0 Å². The van der Waals surface area contributed by atoms with Crippen LogP contribution in [0.4, 0.5) is 0 Å². The maximum Gasteiger partial charge on any atom is 0.255 e. The van der Waals surface area contributed by atoms with Gasteiger partial charge in [-0.25, -0.2) is 0 Å². The van der Waals surface area contributed by atoms with Crippen LogP contribution >= 0.6 is 35.4 Å². The zero-order valence-electron chi connectivity index (χ0n) is 10.9. The molecule has 0 unspecified atom stereocenters. The van der Waals surface area contributed by atoms with Gasteiger partial charge in [0.2, 0.25) is 0 Å². The van der Waals surface area contributed by atoms with Crippen LogP contribution < -0.4 is 5.56 Å². The van der Waals surface area contributed by atoms with Crippen LogP contribution in [-0.4, -0.2) is 9.97 Å². The zero-order chi connectivity index (χ0) is 14.7. The van der Waals surface area contributed by atoms with Crippen LogP contribution in [0.5, 0.6) is 0 Å². The second-order valence-corrected chi connectivity index (χ2v) is 5.70. The molecule has 106 valence electrons. The highest BCUT2D eigenvalue weighted by molar-refractivity contribution is 7.71. The molecule has 1 heterocycles. The van der Waals surface area contributed by atoms with Crippen LogP contribution in [0.25, 0.3) is 0 Å². The van der Waals surface area contributed by atoms with E-state index in [1.54, 1.807) is 6.07 Å². The largest absolute Gasteiger partial charge is 0.336 e. The molecule has 0 aliphatic heterocycles. The number of benzene rings is 1. The Balaban J connectivity index is 2.50. The van der Waals surface area contributed by atoms with Crippen molar-refractivity contribution in [3.05, 3.63) is 60.2 Å². The maximum absolute atomic E-state index is 12.1. The second-order valence-electron chi connectivity index (χ2n) is 4.51. The van der Waals surface area contributed by atoms with Crippen molar-refractivity contribution >= 4 is 35.4 Å². The van der Waals surface area contributed by atoms with E-state index in [0.717, 1.165) is 24.1 Å². The zero-order valence-corrected chi connectivity index (χ0v) is 13.3. The summed E-state index contributed by atoms with van der Waals surface area (Å²) in [4.78, 5) is 17.8. The molecule has 1 aromatic carbocycles. The fourth-order valence-electron chi connectivity index (χ4n) is 2.09. The minimum absolute atomic E-state index is 0.173. The Morgan fingerprint density at radius 1 is 1.25 bits per heavy atom. The van der Waals surface area contributed by atoms with Gasteiger partial charge in [0.05, 0.1) is 10.0 Å². The van der Waals surface area contributed by atoms with Gasteiger partial charge in [-0.15, -0.1) is 0 Å². The number of hydrogen-bond donors (Lipinski definition) is 2. The van der Waals surface area contributed by atoms with Crippen molar-refractivity contribution in [1.82, 2.24) is 9.97 Å². The van der Waals surface area contributed by atoms with Gasteiger partial charge in [-0.05, 0) is 30.3 Å². The first kappa shape index (κ1) is 15.3. The predicted octanol–water partition coefficient (Wildman–Crippen LogP) is 4.28. The third kappa shape index (κ3) is 3.32. The molecule has 0 fully saturated rings. The average molecular weight is 329 g/mol. The van der Waals surface area contributed by atoms with Gasteiger partial charge in [0.1, 0.15) is 0 Å². The molecule has 0 aliphatic rings. The molecule has 0 atom stereocenters. The van der Waals surface area contributed by atoms with E-state index in [4.69, 9.17) is 35.4 Å². The number of nitrogens with one attached hydrogen (secondary N) is 2. The molecule has 0 radical (unpaired) electrons. The van der Waals surface area contributed by atoms with Crippen LogP contribution in [0.2, 0.25) is 10.0 Å². The summed E-state index contributed by atoms with van der Waals surface area (Å²) in [6.45, 7) is 2.05. The first-order valence-electron chi connectivity index (χ1n) is 6.30. The summed E-state index contributed by atoms with van der Waals surface area (Å²) in [5.41, 5.74) is 2.17. The quantitative estimate of drug-likeness (QED) is 0.823. The Bertz CT molecular complexity index is 737. The van der Waals surface area contributed by atoms with E-state index < -0.39 is 0 Å². The second kappa shape index (κ2) is 6.57. The summed E-state index contributed by atoms with van der Waals surface area (Å²) in [6.07, 6.45) is 2.11. The number of aromatic amines is 2. The van der Waals surface area contributed by atoms with Gasteiger partial charge in [-0.1, -0.05) is 48.7 Å². The van der Waals surface area contributed by atoms with E-state index in [0.29, 0.717) is 26.8 Å². The molecule has 2 rings (SSSR count). The predicted molar refractivity (Wildman–Crippen MR) is 85.5 cm³/mol. The highest BCUT2D eigenvalue weighted by atomic mass is 35.5. The van der Waals surface area contributed by atoms with Gasteiger partial charge in [0, 0.05) is 17.7 Å². The Morgan fingerprint density at radius 2 is 2.00 bits per heavy atom. The molecule has 0 saturated carbocycles. The van der Waals surface area contributed by atoms with E-state index in [1.165, 1.54) is 0 Å². The van der Waals surface area contributed by atoms with Gasteiger partial charge in [0.15, 0.2) is 4.77 Å². The Hall–Kier alpha value is -1.10. The Labute approximate surface area is 132 Å². The van der Waals surface area contributed by atoms with Gasteiger partial charge in [-0.2, -0.15) is 0 Å². The SMILES string of the molecule is CCCc1[nH]c(=S)[nH]c(=O)c1Cc1cccc(Cl)c1Cl. The van der Waals surface area contributed by atoms with Crippen molar-refractivity contribution in [2.45, 2.75) is 26.2 Å². The lowest BCUT2D eigenvalue weighted by Crippen LogP contribution is -2.18. The summed E-state index contributed by atoms with van der Waals surface area (Å²) in [7, 11) is 0. The lowest BCUT2D eigenvalue weighted by atomic mass is 10.0. The smallest absolute Gasteiger partial charge is 0.255 e. The fourth-order valence-corrected chi connectivity index (χ4v) is 2.69. The summed E-state index contributed by atoms with van der Waals surface area (Å²) in [5.74, 6) is 0. The molecule has 0 amide bonds. The molecule has 0 saturated heterocycles.